The van der Waals surface area contributed by atoms with Crippen LogP contribution in [0.1, 0.15) is 35.2 Å². The van der Waals surface area contributed by atoms with Crippen molar-refractivity contribution in [3.05, 3.63) is 59.7 Å². The molecule has 0 spiro atoms. The summed E-state index contributed by atoms with van der Waals surface area (Å²) >= 11 is 0. The predicted molar refractivity (Wildman–Crippen MR) is 110 cm³/mol. The molecule has 0 aliphatic carbocycles. The second kappa shape index (κ2) is 11.0. The summed E-state index contributed by atoms with van der Waals surface area (Å²) in [4.78, 5) is 36.0. The summed E-state index contributed by atoms with van der Waals surface area (Å²) in [6.07, 6.45) is 1.38. The highest BCUT2D eigenvalue weighted by molar-refractivity contribution is 5.98. The molecule has 0 saturated carbocycles. The van der Waals surface area contributed by atoms with E-state index in [1.54, 1.807) is 18.2 Å². The van der Waals surface area contributed by atoms with Crippen molar-refractivity contribution in [1.82, 2.24) is 5.32 Å². The van der Waals surface area contributed by atoms with Crippen molar-refractivity contribution in [3.8, 4) is 11.5 Å². The Balaban J connectivity index is 1.35. The predicted octanol–water partition coefficient (Wildman–Crippen LogP) is 2.71. The van der Waals surface area contributed by atoms with E-state index in [2.05, 4.69) is 5.32 Å². The van der Waals surface area contributed by atoms with E-state index in [1.165, 1.54) is 0 Å². The Bertz CT molecular complexity index is 881. The zero-order chi connectivity index (χ0) is 21.2. The smallest absolute Gasteiger partial charge is 0.306 e. The Morgan fingerprint density at radius 1 is 0.933 bits per heavy atom. The van der Waals surface area contributed by atoms with Crippen LogP contribution in [0, 0.1) is 0 Å². The number of amides is 1. The lowest BCUT2D eigenvalue weighted by Gasteiger charge is -2.09. The monoisotopic (exact) mass is 411 g/mol. The number of carbonyl (C=O) groups is 3. The van der Waals surface area contributed by atoms with Crippen molar-refractivity contribution in [2.24, 2.45) is 0 Å². The standard InChI is InChI=1S/C23H25NO6/c25-19(18-7-9-20-21(15-18)29-14-4-13-28-20)8-10-23(27)30-16-22(26)24-12-11-17-5-2-1-3-6-17/h1-3,5-7,9,15H,4,8,10-14,16H2,(H,24,26). The highest BCUT2D eigenvalue weighted by Crippen LogP contribution is 2.30. The van der Waals surface area contributed by atoms with Gasteiger partial charge in [0.15, 0.2) is 23.9 Å². The minimum atomic E-state index is -0.587. The summed E-state index contributed by atoms with van der Waals surface area (Å²) in [5.74, 6) is -0.00541. The van der Waals surface area contributed by atoms with Crippen LogP contribution in [0.4, 0.5) is 0 Å². The van der Waals surface area contributed by atoms with Crippen molar-refractivity contribution in [3.63, 3.8) is 0 Å². The number of Topliss-reactive ketones (excluding diaryl/α,β-unsaturated/α-hetero) is 1. The van der Waals surface area contributed by atoms with E-state index in [1.807, 2.05) is 30.3 Å². The van der Waals surface area contributed by atoms with Crippen LogP contribution in [-0.4, -0.2) is 44.0 Å². The number of esters is 1. The first kappa shape index (κ1) is 21.4. The third-order valence-electron chi connectivity index (χ3n) is 4.57. The molecule has 0 atom stereocenters. The molecule has 7 nitrogen and oxygen atoms in total. The van der Waals surface area contributed by atoms with Crippen LogP contribution < -0.4 is 14.8 Å². The van der Waals surface area contributed by atoms with Gasteiger partial charge in [-0.25, -0.2) is 0 Å². The van der Waals surface area contributed by atoms with Crippen molar-refractivity contribution in [2.45, 2.75) is 25.7 Å². The number of fused-ring (bicyclic) bond motifs is 1. The van der Waals surface area contributed by atoms with Crippen LogP contribution in [-0.2, 0) is 20.7 Å². The number of hydrogen-bond acceptors (Lipinski definition) is 6. The Hall–Kier alpha value is -3.35. The van der Waals surface area contributed by atoms with E-state index in [9.17, 15) is 14.4 Å². The number of nitrogens with one attached hydrogen (secondary N) is 1. The molecule has 1 N–H and O–H groups in total. The normalized spacial score (nSPS) is 12.5. The Morgan fingerprint density at radius 3 is 2.50 bits per heavy atom. The zero-order valence-corrected chi connectivity index (χ0v) is 16.7. The molecule has 158 valence electrons. The minimum absolute atomic E-state index is 0.00585. The van der Waals surface area contributed by atoms with E-state index in [4.69, 9.17) is 14.2 Å². The number of hydrogen-bond donors (Lipinski definition) is 1. The van der Waals surface area contributed by atoms with Crippen molar-refractivity contribution in [2.75, 3.05) is 26.4 Å². The lowest BCUT2D eigenvalue weighted by atomic mass is 10.1. The molecule has 7 heteroatoms. The van der Waals surface area contributed by atoms with E-state index in [0.717, 1.165) is 12.0 Å². The van der Waals surface area contributed by atoms with Gasteiger partial charge in [-0.1, -0.05) is 30.3 Å². The maximum atomic E-state index is 12.4. The van der Waals surface area contributed by atoms with Gasteiger partial charge in [0, 0.05) is 24.9 Å². The molecule has 2 aromatic carbocycles. The number of rotatable bonds is 9. The first-order chi connectivity index (χ1) is 14.6. The first-order valence-corrected chi connectivity index (χ1v) is 10.0. The van der Waals surface area contributed by atoms with Gasteiger partial charge < -0.3 is 19.5 Å². The summed E-state index contributed by atoms with van der Waals surface area (Å²) in [6, 6.07) is 14.8. The van der Waals surface area contributed by atoms with Gasteiger partial charge in [0.25, 0.3) is 5.91 Å². The molecule has 0 fully saturated rings. The molecule has 1 aliphatic rings. The molecule has 1 aliphatic heterocycles. The van der Waals surface area contributed by atoms with Crippen LogP contribution in [0.3, 0.4) is 0 Å². The van der Waals surface area contributed by atoms with Crippen LogP contribution in [0.2, 0.25) is 0 Å². The number of ketones is 1. The third kappa shape index (κ3) is 6.62. The van der Waals surface area contributed by atoms with E-state index in [-0.39, 0.29) is 31.1 Å². The minimum Gasteiger partial charge on any atom is -0.490 e. The topological polar surface area (TPSA) is 90.9 Å². The maximum Gasteiger partial charge on any atom is 0.306 e. The van der Waals surface area contributed by atoms with Crippen molar-refractivity contribution >= 4 is 17.7 Å². The molecule has 30 heavy (non-hydrogen) atoms. The summed E-state index contributed by atoms with van der Waals surface area (Å²) in [6.45, 7) is 1.21. The van der Waals surface area contributed by atoms with Crippen molar-refractivity contribution in [1.29, 1.82) is 0 Å². The number of benzene rings is 2. The average molecular weight is 411 g/mol. The highest BCUT2D eigenvalue weighted by Gasteiger charge is 2.16. The molecule has 2 aromatic rings. The molecular formula is C23H25NO6. The number of ether oxygens (including phenoxy) is 3. The van der Waals surface area contributed by atoms with Crippen LogP contribution >= 0.6 is 0 Å². The Morgan fingerprint density at radius 2 is 1.70 bits per heavy atom. The lowest BCUT2D eigenvalue weighted by molar-refractivity contribution is -0.148. The van der Waals surface area contributed by atoms with Crippen molar-refractivity contribution < 1.29 is 28.6 Å². The van der Waals surface area contributed by atoms with Crippen LogP contribution in [0.25, 0.3) is 0 Å². The molecule has 0 radical (unpaired) electrons. The highest BCUT2D eigenvalue weighted by atomic mass is 16.5. The molecule has 1 heterocycles. The molecule has 0 bridgehead atoms. The maximum absolute atomic E-state index is 12.4. The van der Waals surface area contributed by atoms with E-state index < -0.39 is 5.97 Å². The lowest BCUT2D eigenvalue weighted by Crippen LogP contribution is -2.30. The Kier molecular flexibility index (Phi) is 7.83. The molecule has 0 unspecified atom stereocenters. The molecule has 0 saturated heterocycles. The van der Waals surface area contributed by atoms with Gasteiger partial charge >= 0.3 is 5.97 Å². The Labute approximate surface area is 175 Å². The molecule has 1 amide bonds. The third-order valence-corrected chi connectivity index (χ3v) is 4.57. The fourth-order valence-electron chi connectivity index (χ4n) is 2.96. The first-order valence-electron chi connectivity index (χ1n) is 10.0. The van der Waals surface area contributed by atoms with E-state index >= 15 is 0 Å². The van der Waals surface area contributed by atoms with Gasteiger partial charge in [0.1, 0.15) is 0 Å². The molecule has 0 aromatic heterocycles. The summed E-state index contributed by atoms with van der Waals surface area (Å²) in [5, 5.41) is 2.70. The summed E-state index contributed by atoms with van der Waals surface area (Å²) < 4.78 is 16.1. The largest absolute Gasteiger partial charge is 0.490 e. The van der Waals surface area contributed by atoms with Gasteiger partial charge in [0.2, 0.25) is 0 Å². The van der Waals surface area contributed by atoms with E-state index in [0.29, 0.717) is 43.2 Å². The number of carbonyl (C=O) groups excluding carboxylic acids is 3. The van der Waals surface area contributed by atoms with Crippen LogP contribution in [0.15, 0.2) is 48.5 Å². The second-order valence-corrected chi connectivity index (χ2v) is 6.88. The van der Waals surface area contributed by atoms with Crippen LogP contribution in [0.5, 0.6) is 11.5 Å². The van der Waals surface area contributed by atoms with Gasteiger partial charge in [-0.05, 0) is 30.2 Å². The molecule has 3 rings (SSSR count). The average Bonchev–Trinajstić information content (AvgIpc) is 3.01. The SMILES string of the molecule is O=C(COC(=O)CCC(=O)c1ccc2c(c1)OCCCO2)NCCc1ccccc1. The zero-order valence-electron chi connectivity index (χ0n) is 16.7. The van der Waals surface area contributed by atoms with Gasteiger partial charge in [-0.15, -0.1) is 0 Å². The fraction of sp³-hybridized carbons (Fsp3) is 0.348. The summed E-state index contributed by atoms with van der Waals surface area (Å²) in [5.41, 5.74) is 1.56. The molecular weight excluding hydrogens is 386 g/mol. The van der Waals surface area contributed by atoms with Gasteiger partial charge in [-0.2, -0.15) is 0 Å². The van der Waals surface area contributed by atoms with Gasteiger partial charge in [0.05, 0.1) is 19.6 Å². The quantitative estimate of drug-likeness (QED) is 0.504. The second-order valence-electron chi connectivity index (χ2n) is 6.88. The summed E-state index contributed by atoms with van der Waals surface area (Å²) in [7, 11) is 0. The van der Waals surface area contributed by atoms with Gasteiger partial charge in [-0.3, -0.25) is 14.4 Å². The fourth-order valence-corrected chi connectivity index (χ4v) is 2.96.